The Morgan fingerprint density at radius 2 is 2.29 bits per heavy atom. The summed E-state index contributed by atoms with van der Waals surface area (Å²) < 4.78 is 23.4. The van der Waals surface area contributed by atoms with E-state index < -0.39 is 6.17 Å². The molecule has 84 valence electrons. The molecule has 1 heterocycles. The third kappa shape index (κ3) is 4.35. The molecular formula is C10H20FNO2. The van der Waals surface area contributed by atoms with Crippen LogP contribution in [0.4, 0.5) is 4.39 Å². The molecule has 0 aromatic carbocycles. The molecule has 0 spiro atoms. The Bertz CT molecular complexity index is 155. The molecule has 1 fully saturated rings. The third-order valence-electron chi connectivity index (χ3n) is 2.19. The van der Waals surface area contributed by atoms with Crippen LogP contribution >= 0.6 is 0 Å². The van der Waals surface area contributed by atoms with Crippen molar-refractivity contribution >= 4 is 0 Å². The summed E-state index contributed by atoms with van der Waals surface area (Å²) in [5.74, 6) is 0. The lowest BCUT2D eigenvalue weighted by Crippen LogP contribution is -2.37. The molecule has 0 unspecified atom stereocenters. The molecule has 0 bridgehead atoms. The van der Waals surface area contributed by atoms with Crippen LogP contribution in [0.3, 0.4) is 0 Å². The van der Waals surface area contributed by atoms with Crippen molar-refractivity contribution in [3.8, 4) is 0 Å². The predicted octanol–water partition coefficient (Wildman–Crippen LogP) is 1.13. The van der Waals surface area contributed by atoms with E-state index >= 15 is 0 Å². The van der Waals surface area contributed by atoms with Gasteiger partial charge in [0.15, 0.2) is 0 Å². The highest BCUT2D eigenvalue weighted by atomic mass is 19.1. The van der Waals surface area contributed by atoms with Gasteiger partial charge in [-0.3, -0.25) is 0 Å². The summed E-state index contributed by atoms with van der Waals surface area (Å²) in [5.41, 5.74) is 0. The summed E-state index contributed by atoms with van der Waals surface area (Å²) in [5, 5.41) is 3.13. The van der Waals surface area contributed by atoms with Crippen LogP contribution in [-0.2, 0) is 9.47 Å². The zero-order valence-corrected chi connectivity index (χ0v) is 8.96. The van der Waals surface area contributed by atoms with E-state index in [0.717, 1.165) is 19.6 Å². The average molecular weight is 205 g/mol. The van der Waals surface area contributed by atoms with E-state index in [9.17, 15) is 4.39 Å². The van der Waals surface area contributed by atoms with Crippen LogP contribution in [0.15, 0.2) is 0 Å². The van der Waals surface area contributed by atoms with Gasteiger partial charge in [0.1, 0.15) is 6.17 Å². The summed E-state index contributed by atoms with van der Waals surface area (Å²) in [7, 11) is 0. The first-order valence-corrected chi connectivity index (χ1v) is 5.27. The Hall–Kier alpha value is -0.190. The van der Waals surface area contributed by atoms with E-state index in [0.29, 0.717) is 6.61 Å². The fourth-order valence-corrected chi connectivity index (χ4v) is 1.39. The smallest absolute Gasteiger partial charge is 0.141 e. The fraction of sp³-hybridized carbons (Fsp3) is 1.00. The molecule has 1 saturated heterocycles. The normalized spacial score (nSPS) is 27.4. The SMILES string of the molecule is CC(C)OCCCN[C@@H]1COC[C@H]1F. The van der Waals surface area contributed by atoms with E-state index in [2.05, 4.69) is 5.32 Å². The van der Waals surface area contributed by atoms with Crippen molar-refractivity contribution in [2.45, 2.75) is 38.6 Å². The highest BCUT2D eigenvalue weighted by Gasteiger charge is 2.26. The second-order valence-electron chi connectivity index (χ2n) is 3.89. The molecule has 0 aromatic rings. The van der Waals surface area contributed by atoms with Gasteiger partial charge in [-0.2, -0.15) is 0 Å². The summed E-state index contributed by atoms with van der Waals surface area (Å²) in [6, 6.07) is -0.117. The van der Waals surface area contributed by atoms with Gasteiger partial charge in [0, 0.05) is 6.61 Å². The lowest BCUT2D eigenvalue weighted by Gasteiger charge is -2.13. The lowest BCUT2D eigenvalue weighted by molar-refractivity contribution is 0.0763. The molecule has 0 aromatic heterocycles. The molecule has 1 rings (SSSR count). The summed E-state index contributed by atoms with van der Waals surface area (Å²) in [4.78, 5) is 0. The summed E-state index contributed by atoms with van der Waals surface area (Å²) in [6.45, 7) is 6.27. The zero-order chi connectivity index (χ0) is 10.4. The molecule has 3 nitrogen and oxygen atoms in total. The molecule has 1 aliphatic rings. The molecule has 4 heteroatoms. The van der Waals surface area contributed by atoms with E-state index in [1.54, 1.807) is 0 Å². The number of hydrogen-bond donors (Lipinski definition) is 1. The van der Waals surface area contributed by atoms with Crippen molar-refractivity contribution in [3.63, 3.8) is 0 Å². The second-order valence-corrected chi connectivity index (χ2v) is 3.89. The number of rotatable bonds is 6. The van der Waals surface area contributed by atoms with Crippen LogP contribution in [0.1, 0.15) is 20.3 Å². The summed E-state index contributed by atoms with van der Waals surface area (Å²) in [6.07, 6.45) is 0.348. The fourth-order valence-electron chi connectivity index (χ4n) is 1.39. The van der Waals surface area contributed by atoms with Crippen LogP contribution in [0.25, 0.3) is 0 Å². The first-order chi connectivity index (χ1) is 6.70. The third-order valence-corrected chi connectivity index (χ3v) is 2.19. The number of hydrogen-bond acceptors (Lipinski definition) is 3. The van der Waals surface area contributed by atoms with Crippen LogP contribution in [0.5, 0.6) is 0 Å². The number of ether oxygens (including phenoxy) is 2. The molecule has 14 heavy (non-hydrogen) atoms. The number of alkyl halides is 1. The molecule has 1 aliphatic heterocycles. The van der Waals surface area contributed by atoms with Crippen molar-refractivity contribution in [2.24, 2.45) is 0 Å². The van der Waals surface area contributed by atoms with Gasteiger partial charge in [0.2, 0.25) is 0 Å². The maximum atomic E-state index is 13.0. The molecular weight excluding hydrogens is 185 g/mol. The van der Waals surface area contributed by atoms with E-state index in [-0.39, 0.29) is 18.8 Å². The van der Waals surface area contributed by atoms with Gasteiger partial charge in [-0.1, -0.05) is 0 Å². The molecule has 0 saturated carbocycles. The minimum atomic E-state index is -0.846. The monoisotopic (exact) mass is 205 g/mol. The Morgan fingerprint density at radius 1 is 1.50 bits per heavy atom. The Balaban J connectivity index is 1.93. The highest BCUT2D eigenvalue weighted by Crippen LogP contribution is 2.08. The van der Waals surface area contributed by atoms with Crippen molar-refractivity contribution in [1.82, 2.24) is 5.32 Å². The molecule has 2 atom stereocenters. The van der Waals surface area contributed by atoms with Gasteiger partial charge in [0.05, 0.1) is 25.4 Å². The van der Waals surface area contributed by atoms with Gasteiger partial charge in [-0.15, -0.1) is 0 Å². The standard InChI is InChI=1S/C10H20FNO2/c1-8(2)14-5-3-4-12-10-7-13-6-9(10)11/h8-10,12H,3-7H2,1-2H3/t9-,10-/m1/s1. The van der Waals surface area contributed by atoms with Gasteiger partial charge >= 0.3 is 0 Å². The topological polar surface area (TPSA) is 30.5 Å². The zero-order valence-electron chi connectivity index (χ0n) is 8.96. The van der Waals surface area contributed by atoms with Crippen molar-refractivity contribution < 1.29 is 13.9 Å². The molecule has 0 amide bonds. The van der Waals surface area contributed by atoms with E-state index in [1.165, 1.54) is 0 Å². The van der Waals surface area contributed by atoms with Crippen LogP contribution in [0, 0.1) is 0 Å². The Morgan fingerprint density at radius 3 is 2.86 bits per heavy atom. The van der Waals surface area contributed by atoms with E-state index in [4.69, 9.17) is 9.47 Å². The molecule has 0 radical (unpaired) electrons. The number of nitrogens with one attached hydrogen (secondary N) is 1. The average Bonchev–Trinajstić information content (AvgIpc) is 2.51. The minimum absolute atomic E-state index is 0.117. The largest absolute Gasteiger partial charge is 0.379 e. The van der Waals surface area contributed by atoms with Crippen LogP contribution in [0.2, 0.25) is 0 Å². The van der Waals surface area contributed by atoms with E-state index in [1.807, 2.05) is 13.8 Å². The minimum Gasteiger partial charge on any atom is -0.379 e. The van der Waals surface area contributed by atoms with Crippen molar-refractivity contribution in [2.75, 3.05) is 26.4 Å². The highest BCUT2D eigenvalue weighted by molar-refractivity contribution is 4.80. The first-order valence-electron chi connectivity index (χ1n) is 5.27. The first kappa shape index (κ1) is 11.9. The van der Waals surface area contributed by atoms with Crippen molar-refractivity contribution in [1.29, 1.82) is 0 Å². The number of halogens is 1. The second kappa shape index (κ2) is 6.32. The molecule has 0 aliphatic carbocycles. The maximum Gasteiger partial charge on any atom is 0.141 e. The van der Waals surface area contributed by atoms with Gasteiger partial charge in [0.25, 0.3) is 0 Å². The van der Waals surface area contributed by atoms with Gasteiger partial charge in [-0.25, -0.2) is 4.39 Å². The van der Waals surface area contributed by atoms with Crippen LogP contribution < -0.4 is 5.32 Å². The quantitative estimate of drug-likeness (QED) is 0.659. The summed E-state index contributed by atoms with van der Waals surface area (Å²) >= 11 is 0. The molecule has 1 N–H and O–H groups in total. The Labute approximate surface area is 85.0 Å². The van der Waals surface area contributed by atoms with Gasteiger partial charge in [-0.05, 0) is 26.8 Å². The predicted molar refractivity (Wildman–Crippen MR) is 53.2 cm³/mol. The maximum absolute atomic E-state index is 13.0. The Kier molecular flexibility index (Phi) is 5.37. The van der Waals surface area contributed by atoms with Crippen molar-refractivity contribution in [3.05, 3.63) is 0 Å². The van der Waals surface area contributed by atoms with Crippen LogP contribution in [-0.4, -0.2) is 44.7 Å². The lowest BCUT2D eigenvalue weighted by atomic mass is 10.2. The van der Waals surface area contributed by atoms with Gasteiger partial charge < -0.3 is 14.8 Å².